The Balaban J connectivity index is 2.04. The zero-order valence-corrected chi connectivity index (χ0v) is 7.29. The molecule has 0 radical (unpaired) electrons. The Morgan fingerprint density at radius 2 is 2.50 bits per heavy atom. The van der Waals surface area contributed by atoms with E-state index in [4.69, 9.17) is 0 Å². The maximum absolute atomic E-state index is 2.24. The molecule has 0 bridgehead atoms. The summed E-state index contributed by atoms with van der Waals surface area (Å²) in [4.78, 5) is 0. The standard InChI is InChI=1S/C9H14S/c1-2-7-10-8-9-5-3-4-6-9/h3-5H,2,6-8H2,1H3. The molecule has 0 heterocycles. The Labute approximate surface area is 67.4 Å². The molecule has 0 unspecified atom stereocenters. The number of thioether (sulfide) groups is 1. The predicted octanol–water partition coefficient (Wildman–Crippen LogP) is 3.02. The first-order chi connectivity index (χ1) is 4.93. The lowest BCUT2D eigenvalue weighted by Gasteiger charge is -1.98. The van der Waals surface area contributed by atoms with Gasteiger partial charge in [-0.25, -0.2) is 0 Å². The molecular weight excluding hydrogens is 140 g/mol. The van der Waals surface area contributed by atoms with Crippen molar-refractivity contribution in [3.63, 3.8) is 0 Å². The summed E-state index contributed by atoms with van der Waals surface area (Å²) in [5.74, 6) is 2.54. The zero-order chi connectivity index (χ0) is 7.23. The Hall–Kier alpha value is -0.170. The van der Waals surface area contributed by atoms with Gasteiger partial charge in [0.25, 0.3) is 0 Å². The van der Waals surface area contributed by atoms with Gasteiger partial charge in [-0.3, -0.25) is 0 Å². The van der Waals surface area contributed by atoms with Gasteiger partial charge in [-0.1, -0.05) is 30.7 Å². The fourth-order valence-corrected chi connectivity index (χ4v) is 1.86. The van der Waals surface area contributed by atoms with Crippen LogP contribution in [0.4, 0.5) is 0 Å². The molecule has 0 aromatic carbocycles. The third-order valence-corrected chi connectivity index (χ3v) is 2.76. The van der Waals surface area contributed by atoms with Crippen molar-refractivity contribution in [1.29, 1.82) is 0 Å². The van der Waals surface area contributed by atoms with Crippen molar-refractivity contribution < 1.29 is 0 Å². The van der Waals surface area contributed by atoms with Crippen molar-refractivity contribution in [2.45, 2.75) is 19.8 Å². The lowest BCUT2D eigenvalue weighted by atomic mass is 10.3. The van der Waals surface area contributed by atoms with E-state index in [2.05, 4.69) is 25.2 Å². The third-order valence-electron chi connectivity index (χ3n) is 1.48. The number of allylic oxidation sites excluding steroid dienone is 3. The van der Waals surface area contributed by atoms with Crippen molar-refractivity contribution in [2.75, 3.05) is 11.5 Å². The Morgan fingerprint density at radius 3 is 3.10 bits per heavy atom. The van der Waals surface area contributed by atoms with Gasteiger partial charge in [0.05, 0.1) is 0 Å². The second-order valence-electron chi connectivity index (χ2n) is 2.51. The molecule has 0 saturated carbocycles. The molecular formula is C9H14S. The van der Waals surface area contributed by atoms with Crippen LogP contribution in [0.5, 0.6) is 0 Å². The fourth-order valence-electron chi connectivity index (χ4n) is 0.946. The molecule has 0 atom stereocenters. The van der Waals surface area contributed by atoms with Gasteiger partial charge in [0, 0.05) is 5.75 Å². The lowest BCUT2D eigenvalue weighted by molar-refractivity contribution is 1.10. The molecule has 56 valence electrons. The molecule has 1 rings (SSSR count). The molecule has 0 aromatic heterocycles. The maximum Gasteiger partial charge on any atom is 0.0149 e. The van der Waals surface area contributed by atoms with Crippen LogP contribution in [0.25, 0.3) is 0 Å². The largest absolute Gasteiger partial charge is 0.158 e. The van der Waals surface area contributed by atoms with E-state index < -0.39 is 0 Å². The van der Waals surface area contributed by atoms with Gasteiger partial charge in [-0.15, -0.1) is 0 Å². The van der Waals surface area contributed by atoms with Gasteiger partial charge in [-0.05, 0) is 18.6 Å². The third kappa shape index (κ3) is 2.61. The lowest BCUT2D eigenvalue weighted by Crippen LogP contribution is -1.84. The van der Waals surface area contributed by atoms with Crippen molar-refractivity contribution in [3.8, 4) is 0 Å². The summed E-state index contributed by atoms with van der Waals surface area (Å²) in [5, 5.41) is 0. The van der Waals surface area contributed by atoms with E-state index in [0.717, 1.165) is 0 Å². The first-order valence-electron chi connectivity index (χ1n) is 3.86. The minimum absolute atomic E-state index is 1.19. The van der Waals surface area contributed by atoms with Crippen LogP contribution in [0.3, 0.4) is 0 Å². The molecule has 0 amide bonds. The van der Waals surface area contributed by atoms with Gasteiger partial charge < -0.3 is 0 Å². The van der Waals surface area contributed by atoms with Gasteiger partial charge in [-0.2, -0.15) is 11.8 Å². The first-order valence-corrected chi connectivity index (χ1v) is 5.01. The van der Waals surface area contributed by atoms with Crippen LogP contribution >= 0.6 is 11.8 Å². The van der Waals surface area contributed by atoms with Crippen LogP contribution in [0, 0.1) is 0 Å². The smallest absolute Gasteiger partial charge is 0.0149 e. The van der Waals surface area contributed by atoms with Crippen molar-refractivity contribution in [2.24, 2.45) is 0 Å². The van der Waals surface area contributed by atoms with E-state index in [1.54, 1.807) is 5.57 Å². The molecule has 0 nitrogen and oxygen atoms in total. The molecule has 0 spiro atoms. The number of hydrogen-bond acceptors (Lipinski definition) is 1. The quantitative estimate of drug-likeness (QED) is 0.561. The Bertz CT molecular complexity index is 145. The van der Waals surface area contributed by atoms with E-state index in [9.17, 15) is 0 Å². The molecule has 0 N–H and O–H groups in total. The van der Waals surface area contributed by atoms with Crippen LogP contribution in [0.1, 0.15) is 19.8 Å². The topological polar surface area (TPSA) is 0 Å². The van der Waals surface area contributed by atoms with E-state index in [1.807, 2.05) is 11.8 Å². The molecule has 0 aromatic rings. The first kappa shape index (κ1) is 7.93. The van der Waals surface area contributed by atoms with E-state index in [0.29, 0.717) is 0 Å². The highest BCUT2D eigenvalue weighted by molar-refractivity contribution is 7.99. The number of rotatable bonds is 4. The second kappa shape index (κ2) is 4.62. The second-order valence-corrected chi connectivity index (χ2v) is 3.61. The average molecular weight is 154 g/mol. The van der Waals surface area contributed by atoms with Crippen LogP contribution < -0.4 is 0 Å². The molecule has 1 heteroatoms. The summed E-state index contributed by atoms with van der Waals surface area (Å²) < 4.78 is 0. The summed E-state index contributed by atoms with van der Waals surface area (Å²) in [6, 6.07) is 0. The highest BCUT2D eigenvalue weighted by atomic mass is 32.2. The SMILES string of the molecule is CCCSCC1=CC=CC1. The van der Waals surface area contributed by atoms with Crippen molar-refractivity contribution in [1.82, 2.24) is 0 Å². The summed E-state index contributed by atoms with van der Waals surface area (Å²) in [7, 11) is 0. The predicted molar refractivity (Wildman–Crippen MR) is 49.5 cm³/mol. The Morgan fingerprint density at radius 1 is 1.60 bits per heavy atom. The van der Waals surface area contributed by atoms with Crippen molar-refractivity contribution in [3.05, 3.63) is 23.8 Å². The number of hydrogen-bond donors (Lipinski definition) is 0. The molecule has 1 aliphatic rings. The Kier molecular flexibility index (Phi) is 3.66. The fraction of sp³-hybridized carbons (Fsp3) is 0.556. The van der Waals surface area contributed by atoms with Crippen molar-refractivity contribution >= 4 is 11.8 Å². The van der Waals surface area contributed by atoms with Crippen LogP contribution in [-0.2, 0) is 0 Å². The molecule has 1 aliphatic carbocycles. The van der Waals surface area contributed by atoms with E-state index in [-0.39, 0.29) is 0 Å². The highest BCUT2D eigenvalue weighted by Crippen LogP contribution is 2.16. The van der Waals surface area contributed by atoms with Gasteiger partial charge in [0.2, 0.25) is 0 Å². The van der Waals surface area contributed by atoms with Crippen LogP contribution in [0.2, 0.25) is 0 Å². The summed E-state index contributed by atoms with van der Waals surface area (Å²) in [6.45, 7) is 2.23. The van der Waals surface area contributed by atoms with Gasteiger partial charge in [0.15, 0.2) is 0 Å². The van der Waals surface area contributed by atoms with Gasteiger partial charge >= 0.3 is 0 Å². The minimum Gasteiger partial charge on any atom is -0.158 e. The van der Waals surface area contributed by atoms with E-state index in [1.165, 1.54) is 24.3 Å². The normalized spacial score (nSPS) is 15.9. The summed E-state index contributed by atoms with van der Waals surface area (Å²) >= 11 is 2.04. The van der Waals surface area contributed by atoms with Crippen LogP contribution in [-0.4, -0.2) is 11.5 Å². The highest BCUT2D eigenvalue weighted by Gasteiger charge is 1.97. The zero-order valence-electron chi connectivity index (χ0n) is 6.47. The summed E-state index contributed by atoms with van der Waals surface area (Å²) in [5.41, 5.74) is 1.58. The minimum atomic E-state index is 1.19. The van der Waals surface area contributed by atoms with Crippen LogP contribution in [0.15, 0.2) is 23.8 Å². The van der Waals surface area contributed by atoms with E-state index >= 15 is 0 Å². The molecule has 0 fully saturated rings. The molecule has 0 saturated heterocycles. The molecule has 0 aliphatic heterocycles. The summed E-state index contributed by atoms with van der Waals surface area (Å²) in [6.07, 6.45) is 9.11. The average Bonchev–Trinajstić information content (AvgIpc) is 2.41. The monoisotopic (exact) mass is 154 g/mol. The van der Waals surface area contributed by atoms with Gasteiger partial charge in [0.1, 0.15) is 0 Å². The molecule has 10 heavy (non-hydrogen) atoms. The maximum atomic E-state index is 2.24.